The number of hydrogen-bond donors (Lipinski definition) is 2. The molecule has 0 radical (unpaired) electrons. The molecule has 0 spiro atoms. The third-order valence-electron chi connectivity index (χ3n) is 2.89. The van der Waals surface area contributed by atoms with Crippen LogP contribution in [-0.4, -0.2) is 17.1 Å². The lowest BCUT2D eigenvalue weighted by molar-refractivity contribution is 0.0940. The van der Waals surface area contributed by atoms with Gasteiger partial charge in [-0.25, -0.2) is 0 Å². The minimum absolute atomic E-state index is 0.0391. The highest BCUT2D eigenvalue weighted by Crippen LogP contribution is 2.11. The van der Waals surface area contributed by atoms with Crippen LogP contribution in [0.15, 0.2) is 54.6 Å². The molecular formula is C16H17NO2. The average molecular weight is 255 g/mol. The number of rotatable bonds is 4. The van der Waals surface area contributed by atoms with Crippen molar-refractivity contribution in [1.82, 2.24) is 5.32 Å². The highest BCUT2D eigenvalue weighted by atomic mass is 16.3. The first kappa shape index (κ1) is 13.1. The number of aromatic hydroxyl groups is 1. The van der Waals surface area contributed by atoms with Crippen molar-refractivity contribution in [2.45, 2.75) is 19.4 Å². The van der Waals surface area contributed by atoms with Gasteiger partial charge in [0.05, 0.1) is 0 Å². The first-order chi connectivity index (χ1) is 9.15. The first-order valence-corrected chi connectivity index (χ1v) is 6.29. The molecule has 2 N–H and O–H groups in total. The van der Waals surface area contributed by atoms with Crippen LogP contribution in [0.2, 0.25) is 0 Å². The van der Waals surface area contributed by atoms with Crippen LogP contribution >= 0.6 is 0 Å². The van der Waals surface area contributed by atoms with E-state index in [2.05, 4.69) is 5.32 Å². The van der Waals surface area contributed by atoms with E-state index in [4.69, 9.17) is 0 Å². The second-order valence-electron chi connectivity index (χ2n) is 4.61. The van der Waals surface area contributed by atoms with E-state index in [-0.39, 0.29) is 17.7 Å². The van der Waals surface area contributed by atoms with Crippen molar-refractivity contribution < 1.29 is 9.90 Å². The molecule has 0 bridgehead atoms. The van der Waals surface area contributed by atoms with Crippen LogP contribution in [-0.2, 0) is 6.42 Å². The molecule has 2 rings (SSSR count). The van der Waals surface area contributed by atoms with Gasteiger partial charge in [0, 0.05) is 11.6 Å². The minimum Gasteiger partial charge on any atom is -0.508 e. The summed E-state index contributed by atoms with van der Waals surface area (Å²) in [6.07, 6.45) is 0.735. The Hall–Kier alpha value is -2.29. The van der Waals surface area contributed by atoms with Crippen LogP contribution in [0.1, 0.15) is 22.8 Å². The van der Waals surface area contributed by atoms with E-state index in [9.17, 15) is 9.90 Å². The molecule has 0 aliphatic heterocycles. The molecule has 3 heteroatoms. The third kappa shape index (κ3) is 3.85. The molecular weight excluding hydrogens is 238 g/mol. The minimum atomic E-state index is -0.0631. The van der Waals surface area contributed by atoms with E-state index in [1.165, 1.54) is 0 Å². The molecule has 0 aromatic heterocycles. The van der Waals surface area contributed by atoms with Crippen LogP contribution < -0.4 is 5.32 Å². The Morgan fingerprint density at radius 1 is 1.11 bits per heavy atom. The van der Waals surface area contributed by atoms with Crippen molar-refractivity contribution in [2.75, 3.05) is 0 Å². The van der Waals surface area contributed by atoms with Gasteiger partial charge >= 0.3 is 0 Å². The molecule has 0 aliphatic rings. The SMILES string of the molecule is CC(Cc1ccc(O)cc1)NC(=O)c1ccccc1. The number of carbonyl (C=O) groups is 1. The van der Waals surface area contributed by atoms with Crippen LogP contribution in [0, 0.1) is 0 Å². The molecule has 0 heterocycles. The lowest BCUT2D eigenvalue weighted by Gasteiger charge is -2.14. The molecule has 0 saturated carbocycles. The van der Waals surface area contributed by atoms with E-state index in [1.54, 1.807) is 24.3 Å². The molecule has 19 heavy (non-hydrogen) atoms. The molecule has 98 valence electrons. The highest BCUT2D eigenvalue weighted by Gasteiger charge is 2.09. The normalized spacial score (nSPS) is 11.8. The Balaban J connectivity index is 1.92. The predicted octanol–water partition coefficient (Wildman–Crippen LogP) is 2.75. The largest absolute Gasteiger partial charge is 0.508 e. The van der Waals surface area contributed by atoms with Crippen molar-refractivity contribution in [1.29, 1.82) is 0 Å². The molecule has 1 atom stereocenters. The van der Waals surface area contributed by atoms with Crippen LogP contribution in [0.3, 0.4) is 0 Å². The van der Waals surface area contributed by atoms with Gasteiger partial charge in [-0.1, -0.05) is 30.3 Å². The Bertz CT molecular complexity index is 534. The lowest BCUT2D eigenvalue weighted by Crippen LogP contribution is -2.34. The number of phenols is 1. The van der Waals surface area contributed by atoms with E-state index >= 15 is 0 Å². The molecule has 0 fully saturated rings. The van der Waals surface area contributed by atoms with Gasteiger partial charge in [-0.3, -0.25) is 4.79 Å². The van der Waals surface area contributed by atoms with Crippen LogP contribution in [0.4, 0.5) is 0 Å². The maximum Gasteiger partial charge on any atom is 0.251 e. The Morgan fingerprint density at radius 2 is 1.74 bits per heavy atom. The van der Waals surface area contributed by atoms with Gasteiger partial charge in [-0.2, -0.15) is 0 Å². The van der Waals surface area contributed by atoms with E-state index in [1.807, 2.05) is 37.3 Å². The molecule has 0 saturated heterocycles. The monoisotopic (exact) mass is 255 g/mol. The fourth-order valence-electron chi connectivity index (χ4n) is 1.93. The Morgan fingerprint density at radius 3 is 2.37 bits per heavy atom. The number of benzene rings is 2. The van der Waals surface area contributed by atoms with Gasteiger partial charge in [0.2, 0.25) is 0 Å². The topological polar surface area (TPSA) is 49.3 Å². The summed E-state index contributed by atoms with van der Waals surface area (Å²) >= 11 is 0. The van der Waals surface area contributed by atoms with Crippen molar-refractivity contribution in [3.63, 3.8) is 0 Å². The van der Waals surface area contributed by atoms with Crippen LogP contribution in [0.25, 0.3) is 0 Å². The molecule has 0 aliphatic carbocycles. The first-order valence-electron chi connectivity index (χ1n) is 6.29. The van der Waals surface area contributed by atoms with Gasteiger partial charge in [-0.15, -0.1) is 0 Å². The number of amides is 1. The average Bonchev–Trinajstić information content (AvgIpc) is 2.42. The van der Waals surface area contributed by atoms with E-state index < -0.39 is 0 Å². The summed E-state index contributed by atoms with van der Waals surface area (Å²) < 4.78 is 0. The number of carbonyl (C=O) groups excluding carboxylic acids is 1. The summed E-state index contributed by atoms with van der Waals surface area (Å²) in [6.45, 7) is 1.97. The summed E-state index contributed by atoms with van der Waals surface area (Å²) in [5.41, 5.74) is 1.75. The van der Waals surface area contributed by atoms with Gasteiger partial charge in [-0.05, 0) is 43.2 Å². The van der Waals surface area contributed by atoms with E-state index in [0.717, 1.165) is 12.0 Å². The second-order valence-corrected chi connectivity index (χ2v) is 4.61. The zero-order valence-electron chi connectivity index (χ0n) is 10.8. The van der Waals surface area contributed by atoms with E-state index in [0.29, 0.717) is 5.56 Å². The zero-order valence-corrected chi connectivity index (χ0v) is 10.8. The van der Waals surface area contributed by atoms with Gasteiger partial charge in [0.1, 0.15) is 5.75 Å². The number of nitrogens with one attached hydrogen (secondary N) is 1. The molecule has 3 nitrogen and oxygen atoms in total. The Labute approximate surface area is 112 Å². The fraction of sp³-hybridized carbons (Fsp3) is 0.188. The fourth-order valence-corrected chi connectivity index (χ4v) is 1.93. The van der Waals surface area contributed by atoms with Crippen molar-refractivity contribution in [3.05, 3.63) is 65.7 Å². The standard InChI is InChI=1S/C16H17NO2/c1-12(11-13-7-9-15(18)10-8-13)17-16(19)14-5-3-2-4-6-14/h2-10,12,18H,11H2,1H3,(H,17,19). The number of phenolic OH excluding ortho intramolecular Hbond substituents is 1. The van der Waals surface area contributed by atoms with Gasteiger partial charge in [0.25, 0.3) is 5.91 Å². The van der Waals surface area contributed by atoms with Gasteiger partial charge in [0.15, 0.2) is 0 Å². The molecule has 1 amide bonds. The molecule has 2 aromatic carbocycles. The zero-order chi connectivity index (χ0) is 13.7. The predicted molar refractivity (Wildman–Crippen MR) is 75.2 cm³/mol. The number of hydrogen-bond acceptors (Lipinski definition) is 2. The summed E-state index contributed by atoms with van der Waals surface area (Å²) in [7, 11) is 0. The summed E-state index contributed by atoms with van der Waals surface area (Å²) in [5.74, 6) is 0.191. The lowest BCUT2D eigenvalue weighted by atomic mass is 10.1. The second kappa shape index (κ2) is 6.05. The van der Waals surface area contributed by atoms with Gasteiger partial charge < -0.3 is 10.4 Å². The van der Waals surface area contributed by atoms with Crippen molar-refractivity contribution >= 4 is 5.91 Å². The summed E-state index contributed by atoms with van der Waals surface area (Å²) in [6, 6.07) is 16.2. The highest BCUT2D eigenvalue weighted by molar-refractivity contribution is 5.94. The molecule has 2 aromatic rings. The van der Waals surface area contributed by atoms with Crippen molar-refractivity contribution in [3.8, 4) is 5.75 Å². The summed E-state index contributed by atoms with van der Waals surface area (Å²) in [5, 5.41) is 12.2. The smallest absolute Gasteiger partial charge is 0.251 e. The summed E-state index contributed by atoms with van der Waals surface area (Å²) in [4.78, 5) is 11.9. The Kier molecular flexibility index (Phi) is 4.18. The quantitative estimate of drug-likeness (QED) is 0.882. The molecule has 1 unspecified atom stereocenters. The maximum atomic E-state index is 11.9. The van der Waals surface area contributed by atoms with Crippen molar-refractivity contribution in [2.24, 2.45) is 0 Å². The van der Waals surface area contributed by atoms with Crippen LogP contribution in [0.5, 0.6) is 5.75 Å². The third-order valence-corrected chi connectivity index (χ3v) is 2.89. The maximum absolute atomic E-state index is 11.9.